The van der Waals surface area contributed by atoms with E-state index in [9.17, 15) is 14.4 Å². The van der Waals surface area contributed by atoms with E-state index < -0.39 is 6.10 Å². The maximum atomic E-state index is 12.7. The Kier molecular flexibility index (Phi) is 39.8. The summed E-state index contributed by atoms with van der Waals surface area (Å²) in [6, 6.07) is 0. The zero-order valence-corrected chi connectivity index (χ0v) is 36.8. The van der Waals surface area contributed by atoms with Gasteiger partial charge in [-0.1, -0.05) is 221 Å². The van der Waals surface area contributed by atoms with E-state index in [1.165, 1.54) is 148 Å². The molecular weight excluding hydrogens is 673 g/mol. The summed E-state index contributed by atoms with van der Waals surface area (Å²) in [6.07, 6.45) is 39.4. The summed E-state index contributed by atoms with van der Waals surface area (Å²) in [4.78, 5) is 37.7. The summed E-state index contributed by atoms with van der Waals surface area (Å²) in [7, 11) is 0. The Morgan fingerprint density at radius 3 is 1.06 bits per heavy atom. The van der Waals surface area contributed by atoms with Gasteiger partial charge >= 0.3 is 17.9 Å². The normalized spacial score (nSPS) is 12.6. The molecule has 0 fully saturated rings. The van der Waals surface area contributed by atoms with Gasteiger partial charge in [0.15, 0.2) is 6.10 Å². The Morgan fingerprint density at radius 1 is 0.389 bits per heavy atom. The summed E-state index contributed by atoms with van der Waals surface area (Å²) >= 11 is 0. The first-order chi connectivity index (χ1) is 26.3. The average molecular weight is 765 g/mol. The Morgan fingerprint density at radius 2 is 0.704 bits per heavy atom. The summed E-state index contributed by atoms with van der Waals surface area (Å²) in [6.45, 7) is 11.3. The van der Waals surface area contributed by atoms with E-state index in [0.29, 0.717) is 19.3 Å². The van der Waals surface area contributed by atoms with Crippen LogP contribution in [0.5, 0.6) is 0 Å². The van der Waals surface area contributed by atoms with Crippen LogP contribution in [0, 0.1) is 11.8 Å². The summed E-state index contributed by atoms with van der Waals surface area (Å²) in [5, 5.41) is 0. The molecule has 0 aromatic rings. The number of esters is 3. The van der Waals surface area contributed by atoms with E-state index in [4.69, 9.17) is 14.2 Å². The highest BCUT2D eigenvalue weighted by Crippen LogP contribution is 2.17. The average Bonchev–Trinajstić information content (AvgIpc) is 3.15. The van der Waals surface area contributed by atoms with Gasteiger partial charge < -0.3 is 14.2 Å². The Labute approximate surface area is 336 Å². The fourth-order valence-corrected chi connectivity index (χ4v) is 7.07. The standard InChI is InChI=1S/C48H92O6/c1-6-8-9-10-11-12-13-18-25-30-35-40-48(51)54-45(42-53-47(50)39-34-29-24-20-19-21-26-31-36-43(3)4)41-52-46(49)38-33-28-23-17-15-14-16-22-27-32-37-44(5)7-2/h43-45H,6-42H2,1-5H3/t44?,45-/m1/s1. The van der Waals surface area contributed by atoms with Gasteiger partial charge in [0.2, 0.25) is 0 Å². The van der Waals surface area contributed by atoms with E-state index in [0.717, 1.165) is 69.6 Å². The smallest absolute Gasteiger partial charge is 0.306 e. The lowest BCUT2D eigenvalue weighted by Crippen LogP contribution is -2.30. The van der Waals surface area contributed by atoms with Crippen molar-refractivity contribution in [3.8, 4) is 0 Å². The molecule has 0 saturated carbocycles. The molecule has 0 aromatic carbocycles. The molecule has 0 N–H and O–H groups in total. The molecule has 0 aliphatic heterocycles. The Bertz CT molecular complexity index is 826. The molecule has 0 amide bonds. The first-order valence-electron chi connectivity index (χ1n) is 23.8. The third-order valence-corrected chi connectivity index (χ3v) is 11.1. The van der Waals surface area contributed by atoms with Crippen LogP contribution in [-0.4, -0.2) is 37.2 Å². The first-order valence-corrected chi connectivity index (χ1v) is 23.8. The zero-order chi connectivity index (χ0) is 39.7. The van der Waals surface area contributed by atoms with Crippen LogP contribution < -0.4 is 0 Å². The van der Waals surface area contributed by atoms with Crippen LogP contribution in [0.3, 0.4) is 0 Å². The Hall–Kier alpha value is -1.59. The molecule has 0 radical (unpaired) electrons. The minimum atomic E-state index is -0.760. The van der Waals surface area contributed by atoms with E-state index in [1.54, 1.807) is 0 Å². The topological polar surface area (TPSA) is 78.9 Å². The molecule has 54 heavy (non-hydrogen) atoms. The van der Waals surface area contributed by atoms with E-state index >= 15 is 0 Å². The van der Waals surface area contributed by atoms with Gasteiger partial charge in [-0.15, -0.1) is 0 Å². The number of unbranched alkanes of at least 4 members (excludes halogenated alkanes) is 26. The number of ether oxygens (including phenoxy) is 3. The fourth-order valence-electron chi connectivity index (χ4n) is 7.07. The van der Waals surface area contributed by atoms with Crippen molar-refractivity contribution in [3.63, 3.8) is 0 Å². The molecule has 320 valence electrons. The van der Waals surface area contributed by atoms with Crippen LogP contribution in [0.25, 0.3) is 0 Å². The minimum absolute atomic E-state index is 0.0648. The molecule has 2 atom stereocenters. The highest BCUT2D eigenvalue weighted by molar-refractivity contribution is 5.71. The van der Waals surface area contributed by atoms with Gasteiger partial charge in [0, 0.05) is 19.3 Å². The fraction of sp³-hybridized carbons (Fsp3) is 0.938. The molecule has 0 aliphatic rings. The van der Waals surface area contributed by atoms with Gasteiger partial charge in [0.25, 0.3) is 0 Å². The molecular formula is C48H92O6. The van der Waals surface area contributed by atoms with Crippen molar-refractivity contribution in [2.24, 2.45) is 11.8 Å². The van der Waals surface area contributed by atoms with Crippen molar-refractivity contribution in [2.45, 2.75) is 265 Å². The molecule has 1 unspecified atom stereocenters. The van der Waals surface area contributed by atoms with Crippen molar-refractivity contribution in [2.75, 3.05) is 13.2 Å². The summed E-state index contributed by atoms with van der Waals surface area (Å²) in [5.74, 6) is 0.809. The van der Waals surface area contributed by atoms with Crippen LogP contribution >= 0.6 is 0 Å². The quantitative estimate of drug-likeness (QED) is 0.0350. The molecule has 0 saturated heterocycles. The van der Waals surface area contributed by atoms with Crippen LogP contribution in [0.2, 0.25) is 0 Å². The highest BCUT2D eigenvalue weighted by Gasteiger charge is 2.19. The first kappa shape index (κ1) is 52.4. The van der Waals surface area contributed by atoms with Crippen molar-refractivity contribution in [3.05, 3.63) is 0 Å². The molecule has 0 bridgehead atoms. The molecule has 6 nitrogen and oxygen atoms in total. The molecule has 0 aliphatic carbocycles. The monoisotopic (exact) mass is 765 g/mol. The predicted molar refractivity (Wildman–Crippen MR) is 229 cm³/mol. The maximum absolute atomic E-state index is 12.7. The SMILES string of the molecule is CCCCCCCCCCCCCC(=O)O[C@H](COC(=O)CCCCCCCCCCCCC(C)CC)COC(=O)CCCCCCCCCCC(C)C. The molecule has 0 rings (SSSR count). The Balaban J connectivity index is 4.33. The summed E-state index contributed by atoms with van der Waals surface area (Å²) < 4.78 is 16.7. The van der Waals surface area contributed by atoms with Crippen LogP contribution in [0.4, 0.5) is 0 Å². The van der Waals surface area contributed by atoms with Crippen molar-refractivity contribution in [1.29, 1.82) is 0 Å². The second kappa shape index (κ2) is 41.1. The van der Waals surface area contributed by atoms with Crippen molar-refractivity contribution < 1.29 is 28.6 Å². The second-order valence-electron chi connectivity index (χ2n) is 17.1. The molecule has 0 heterocycles. The van der Waals surface area contributed by atoms with Crippen LogP contribution in [-0.2, 0) is 28.6 Å². The van der Waals surface area contributed by atoms with Gasteiger partial charge in [-0.05, 0) is 31.1 Å². The van der Waals surface area contributed by atoms with Gasteiger partial charge in [-0.25, -0.2) is 0 Å². The van der Waals surface area contributed by atoms with Gasteiger partial charge in [0.1, 0.15) is 13.2 Å². The maximum Gasteiger partial charge on any atom is 0.306 e. The number of carbonyl (C=O) groups is 3. The molecule has 0 spiro atoms. The lowest BCUT2D eigenvalue weighted by atomic mass is 9.99. The minimum Gasteiger partial charge on any atom is -0.462 e. The van der Waals surface area contributed by atoms with Gasteiger partial charge in [-0.3, -0.25) is 14.4 Å². The second-order valence-corrected chi connectivity index (χ2v) is 17.1. The highest BCUT2D eigenvalue weighted by atomic mass is 16.6. The largest absolute Gasteiger partial charge is 0.462 e. The van der Waals surface area contributed by atoms with Gasteiger partial charge in [-0.2, -0.15) is 0 Å². The van der Waals surface area contributed by atoms with Gasteiger partial charge in [0.05, 0.1) is 0 Å². The zero-order valence-electron chi connectivity index (χ0n) is 36.8. The van der Waals surface area contributed by atoms with Crippen molar-refractivity contribution >= 4 is 17.9 Å². The third-order valence-electron chi connectivity index (χ3n) is 11.1. The lowest BCUT2D eigenvalue weighted by Gasteiger charge is -2.18. The van der Waals surface area contributed by atoms with Crippen molar-refractivity contribution in [1.82, 2.24) is 0 Å². The number of hydrogen-bond acceptors (Lipinski definition) is 6. The number of hydrogen-bond donors (Lipinski definition) is 0. The number of rotatable bonds is 42. The molecule has 0 aromatic heterocycles. The summed E-state index contributed by atoms with van der Waals surface area (Å²) in [5.41, 5.74) is 0. The van der Waals surface area contributed by atoms with Crippen LogP contribution in [0.1, 0.15) is 259 Å². The van der Waals surface area contributed by atoms with E-state index in [-0.39, 0.29) is 31.1 Å². The number of carbonyl (C=O) groups excluding carboxylic acids is 3. The van der Waals surface area contributed by atoms with E-state index in [2.05, 4.69) is 34.6 Å². The lowest BCUT2D eigenvalue weighted by molar-refractivity contribution is -0.167. The van der Waals surface area contributed by atoms with E-state index in [1.807, 2.05) is 0 Å². The molecule has 6 heteroatoms. The predicted octanol–water partition coefficient (Wildman–Crippen LogP) is 15.0. The third kappa shape index (κ3) is 40.1. The van der Waals surface area contributed by atoms with Crippen LogP contribution in [0.15, 0.2) is 0 Å².